The molecule has 3 rings (SSSR count). The van der Waals surface area contributed by atoms with E-state index in [1.165, 1.54) is 4.70 Å². The van der Waals surface area contributed by atoms with Crippen LogP contribution in [-0.2, 0) is 4.74 Å². The number of nitrogens with one attached hydrogen (secondary N) is 1. The fourth-order valence-electron chi connectivity index (χ4n) is 2.27. The second-order valence-corrected chi connectivity index (χ2v) is 6.15. The summed E-state index contributed by atoms with van der Waals surface area (Å²) in [7, 11) is 0. The molecule has 1 saturated heterocycles. The highest BCUT2D eigenvalue weighted by Crippen LogP contribution is 2.29. The zero-order chi connectivity index (χ0) is 12.5. The molecule has 0 radical (unpaired) electrons. The lowest BCUT2D eigenvalue weighted by atomic mass is 10.1. The maximum atomic E-state index is 5.97. The molecular formula is C13H15ClN2OS. The van der Waals surface area contributed by atoms with Crippen LogP contribution in [0.4, 0.5) is 5.13 Å². The molecule has 1 N–H and O–H groups in total. The summed E-state index contributed by atoms with van der Waals surface area (Å²) in [5.41, 5.74) is 0.968. The molecule has 96 valence electrons. The number of benzene rings is 1. The van der Waals surface area contributed by atoms with Crippen LogP contribution in [-0.4, -0.2) is 23.7 Å². The zero-order valence-corrected chi connectivity index (χ0v) is 11.7. The first kappa shape index (κ1) is 12.2. The van der Waals surface area contributed by atoms with Gasteiger partial charge in [-0.15, -0.1) is 0 Å². The molecule has 0 amide bonds. The van der Waals surface area contributed by atoms with Crippen molar-refractivity contribution in [3.63, 3.8) is 0 Å². The van der Waals surface area contributed by atoms with E-state index in [0.29, 0.717) is 12.1 Å². The van der Waals surface area contributed by atoms with Gasteiger partial charge in [-0.1, -0.05) is 22.9 Å². The molecule has 2 aromatic rings. The van der Waals surface area contributed by atoms with Gasteiger partial charge in [0.1, 0.15) is 0 Å². The van der Waals surface area contributed by atoms with Gasteiger partial charge < -0.3 is 10.1 Å². The molecule has 5 heteroatoms. The number of anilines is 1. The number of thiazole rings is 1. The van der Waals surface area contributed by atoms with E-state index in [4.69, 9.17) is 16.3 Å². The van der Waals surface area contributed by atoms with Crippen LogP contribution in [0.2, 0.25) is 5.02 Å². The third kappa shape index (κ3) is 2.60. The number of hydrogen-bond acceptors (Lipinski definition) is 4. The van der Waals surface area contributed by atoms with Crippen LogP contribution in [0.25, 0.3) is 10.2 Å². The molecule has 1 aliphatic heterocycles. The fraction of sp³-hybridized carbons (Fsp3) is 0.462. The van der Waals surface area contributed by atoms with Crippen molar-refractivity contribution in [2.45, 2.75) is 31.9 Å². The van der Waals surface area contributed by atoms with Gasteiger partial charge in [-0.25, -0.2) is 4.98 Å². The molecule has 1 aromatic carbocycles. The number of halogens is 1. The highest BCUT2D eigenvalue weighted by molar-refractivity contribution is 7.22. The lowest BCUT2D eigenvalue weighted by molar-refractivity contribution is 0.0232. The molecule has 2 atom stereocenters. The number of aromatic nitrogens is 1. The van der Waals surface area contributed by atoms with Crippen molar-refractivity contribution in [1.29, 1.82) is 0 Å². The largest absolute Gasteiger partial charge is 0.378 e. The Bertz CT molecular complexity index is 557. The molecule has 2 unspecified atom stereocenters. The summed E-state index contributed by atoms with van der Waals surface area (Å²) < 4.78 is 6.71. The minimum atomic E-state index is 0.333. The lowest BCUT2D eigenvalue weighted by Crippen LogP contribution is -2.32. The molecule has 2 heterocycles. The van der Waals surface area contributed by atoms with E-state index in [-0.39, 0.29) is 0 Å². The Morgan fingerprint density at radius 1 is 1.50 bits per heavy atom. The normalized spacial score (nSPS) is 24.3. The van der Waals surface area contributed by atoms with Gasteiger partial charge in [0.25, 0.3) is 0 Å². The predicted molar refractivity (Wildman–Crippen MR) is 76.7 cm³/mol. The quantitative estimate of drug-likeness (QED) is 0.906. The Balaban J connectivity index is 1.78. The molecule has 18 heavy (non-hydrogen) atoms. The van der Waals surface area contributed by atoms with Crippen molar-refractivity contribution in [3.8, 4) is 0 Å². The first-order valence-corrected chi connectivity index (χ1v) is 7.34. The van der Waals surface area contributed by atoms with Crippen LogP contribution in [0.3, 0.4) is 0 Å². The summed E-state index contributed by atoms with van der Waals surface area (Å²) in [5, 5.41) is 5.22. The van der Waals surface area contributed by atoms with Gasteiger partial charge in [-0.2, -0.15) is 0 Å². The van der Waals surface area contributed by atoms with Crippen molar-refractivity contribution >= 4 is 38.3 Å². The third-order valence-electron chi connectivity index (χ3n) is 3.16. The Labute approximate surface area is 115 Å². The maximum Gasteiger partial charge on any atom is 0.184 e. The summed E-state index contributed by atoms with van der Waals surface area (Å²) in [4.78, 5) is 4.57. The van der Waals surface area contributed by atoms with E-state index in [1.54, 1.807) is 11.3 Å². The molecular weight excluding hydrogens is 268 g/mol. The molecule has 0 aliphatic carbocycles. The van der Waals surface area contributed by atoms with Crippen molar-refractivity contribution in [1.82, 2.24) is 4.98 Å². The average molecular weight is 283 g/mol. The highest BCUT2D eigenvalue weighted by Gasteiger charge is 2.20. The summed E-state index contributed by atoms with van der Waals surface area (Å²) in [6.45, 7) is 2.95. The van der Waals surface area contributed by atoms with Gasteiger partial charge in [0, 0.05) is 17.7 Å². The Kier molecular flexibility index (Phi) is 3.41. The van der Waals surface area contributed by atoms with E-state index in [9.17, 15) is 0 Å². The lowest BCUT2D eigenvalue weighted by Gasteiger charge is -2.27. The number of nitrogens with zero attached hydrogens (tertiary/aromatic N) is 1. The van der Waals surface area contributed by atoms with E-state index < -0.39 is 0 Å². The van der Waals surface area contributed by atoms with Crippen LogP contribution in [0.5, 0.6) is 0 Å². The van der Waals surface area contributed by atoms with E-state index in [1.807, 2.05) is 18.2 Å². The Morgan fingerprint density at radius 3 is 3.22 bits per heavy atom. The van der Waals surface area contributed by atoms with E-state index in [2.05, 4.69) is 17.2 Å². The monoisotopic (exact) mass is 282 g/mol. The fourth-order valence-corrected chi connectivity index (χ4v) is 3.36. The first-order chi connectivity index (χ1) is 8.70. The van der Waals surface area contributed by atoms with Gasteiger partial charge in [0.15, 0.2) is 5.13 Å². The first-order valence-electron chi connectivity index (χ1n) is 6.15. The third-order valence-corrected chi connectivity index (χ3v) is 4.37. The standard InChI is InChI=1S/C13H15ClN2OS/c1-8-6-10(4-5-17-8)15-13-16-11-7-9(14)2-3-12(11)18-13/h2-3,7-8,10H,4-6H2,1H3,(H,15,16). The summed E-state index contributed by atoms with van der Waals surface area (Å²) in [5.74, 6) is 0. The Morgan fingerprint density at radius 2 is 2.39 bits per heavy atom. The minimum Gasteiger partial charge on any atom is -0.378 e. The smallest absolute Gasteiger partial charge is 0.184 e. The number of rotatable bonds is 2. The Hall–Kier alpha value is -0.840. The second-order valence-electron chi connectivity index (χ2n) is 4.68. The zero-order valence-electron chi connectivity index (χ0n) is 10.1. The van der Waals surface area contributed by atoms with Gasteiger partial charge >= 0.3 is 0 Å². The van der Waals surface area contributed by atoms with Crippen molar-refractivity contribution in [2.75, 3.05) is 11.9 Å². The van der Waals surface area contributed by atoms with Gasteiger partial charge in [-0.05, 0) is 38.0 Å². The maximum absolute atomic E-state index is 5.97. The highest BCUT2D eigenvalue weighted by atomic mass is 35.5. The van der Waals surface area contributed by atoms with Gasteiger partial charge in [-0.3, -0.25) is 0 Å². The molecule has 0 bridgehead atoms. The topological polar surface area (TPSA) is 34.2 Å². The molecule has 0 spiro atoms. The van der Waals surface area contributed by atoms with Crippen molar-refractivity contribution in [3.05, 3.63) is 23.2 Å². The van der Waals surface area contributed by atoms with Gasteiger partial charge in [0.2, 0.25) is 0 Å². The summed E-state index contributed by atoms with van der Waals surface area (Å²) in [6, 6.07) is 6.30. The number of hydrogen-bond donors (Lipinski definition) is 1. The van der Waals surface area contributed by atoms with Crippen LogP contribution < -0.4 is 5.32 Å². The van der Waals surface area contributed by atoms with Crippen molar-refractivity contribution < 1.29 is 4.74 Å². The van der Waals surface area contributed by atoms with Crippen LogP contribution in [0.15, 0.2) is 18.2 Å². The minimum absolute atomic E-state index is 0.333. The SMILES string of the molecule is CC1CC(Nc2nc3cc(Cl)ccc3s2)CCO1. The molecule has 0 saturated carbocycles. The molecule has 1 aromatic heterocycles. The summed E-state index contributed by atoms with van der Waals surface area (Å²) in [6.07, 6.45) is 2.41. The van der Waals surface area contributed by atoms with Gasteiger partial charge in [0.05, 0.1) is 16.3 Å². The average Bonchev–Trinajstić information content (AvgIpc) is 2.70. The molecule has 1 aliphatic rings. The predicted octanol–water partition coefficient (Wildman–Crippen LogP) is 3.93. The number of fused-ring (bicyclic) bond motifs is 1. The summed E-state index contributed by atoms with van der Waals surface area (Å²) >= 11 is 7.65. The second kappa shape index (κ2) is 5.03. The molecule has 3 nitrogen and oxygen atoms in total. The molecule has 1 fully saturated rings. The van der Waals surface area contributed by atoms with Crippen molar-refractivity contribution in [2.24, 2.45) is 0 Å². The van der Waals surface area contributed by atoms with Crippen LogP contribution >= 0.6 is 22.9 Å². The van der Waals surface area contributed by atoms with E-state index in [0.717, 1.165) is 35.1 Å². The number of ether oxygens (including phenoxy) is 1. The van der Waals surface area contributed by atoms with Crippen LogP contribution in [0.1, 0.15) is 19.8 Å². The van der Waals surface area contributed by atoms with Crippen LogP contribution in [0, 0.1) is 0 Å². The van der Waals surface area contributed by atoms with E-state index >= 15 is 0 Å².